The zero-order chi connectivity index (χ0) is 17.5. The molecule has 7 heteroatoms. The summed E-state index contributed by atoms with van der Waals surface area (Å²) in [5.74, 6) is 4.33. The van der Waals surface area contributed by atoms with Crippen LogP contribution < -0.4 is 16.5 Å². The number of aliphatic hydroxyl groups is 1. The molecule has 124 valence electrons. The smallest absolute Gasteiger partial charge is 0.267 e. The summed E-state index contributed by atoms with van der Waals surface area (Å²) in [6.07, 6.45) is 0.381. The van der Waals surface area contributed by atoms with E-state index in [1.807, 2.05) is 0 Å². The molecule has 7 nitrogen and oxygen atoms in total. The average Bonchev–Trinajstić information content (AvgIpc) is 2.51. The number of nitrogens with two attached hydrogens (primary N) is 1. The second-order valence-electron chi connectivity index (χ2n) is 5.56. The zero-order valence-electron chi connectivity index (χ0n) is 13.1. The van der Waals surface area contributed by atoms with Gasteiger partial charge in [0.2, 0.25) is 0 Å². The Morgan fingerprint density at radius 2 is 1.91 bits per heavy atom. The van der Waals surface area contributed by atoms with Crippen LogP contribution in [0.25, 0.3) is 0 Å². The van der Waals surface area contributed by atoms with E-state index in [1.54, 1.807) is 38.1 Å². The van der Waals surface area contributed by atoms with Gasteiger partial charge in [0.1, 0.15) is 6.04 Å². The third-order valence-corrected chi connectivity index (χ3v) is 3.01. The topological polar surface area (TPSA) is 125 Å². The molecule has 0 spiro atoms. The van der Waals surface area contributed by atoms with E-state index in [0.717, 1.165) is 0 Å². The van der Waals surface area contributed by atoms with Crippen molar-refractivity contribution in [1.29, 1.82) is 0 Å². The first kappa shape index (κ1) is 18.6. The van der Waals surface area contributed by atoms with E-state index in [4.69, 9.17) is 16.0 Å². The van der Waals surface area contributed by atoms with Crippen molar-refractivity contribution in [3.05, 3.63) is 35.4 Å². The highest BCUT2D eigenvalue weighted by Crippen LogP contribution is 2.09. The van der Waals surface area contributed by atoms with E-state index in [-0.39, 0.29) is 6.61 Å². The van der Waals surface area contributed by atoms with Crippen molar-refractivity contribution in [2.24, 2.45) is 5.73 Å². The summed E-state index contributed by atoms with van der Waals surface area (Å²) < 4.78 is 0. The van der Waals surface area contributed by atoms with Crippen LogP contribution in [0.4, 0.5) is 0 Å². The molecule has 1 aromatic carbocycles. The highest BCUT2D eigenvalue weighted by Gasteiger charge is 2.33. The van der Waals surface area contributed by atoms with Gasteiger partial charge in [-0.1, -0.05) is 11.8 Å². The van der Waals surface area contributed by atoms with Gasteiger partial charge in [-0.2, -0.15) is 0 Å². The Bertz CT molecular complexity index is 609. The molecule has 0 saturated carbocycles. The molecule has 0 aliphatic carbocycles. The molecule has 1 aromatic rings. The fourth-order valence-electron chi connectivity index (χ4n) is 1.79. The van der Waals surface area contributed by atoms with Crippen LogP contribution in [0.3, 0.4) is 0 Å². The minimum Gasteiger partial charge on any atom is -0.395 e. The Morgan fingerprint density at radius 3 is 2.39 bits per heavy atom. The Kier molecular flexibility index (Phi) is 6.72. The Balaban J connectivity index is 2.85. The highest BCUT2D eigenvalue weighted by molar-refractivity contribution is 5.97. The zero-order valence-corrected chi connectivity index (χ0v) is 13.1. The van der Waals surface area contributed by atoms with Crippen LogP contribution in [0.1, 0.15) is 36.2 Å². The molecule has 0 unspecified atom stereocenters. The summed E-state index contributed by atoms with van der Waals surface area (Å²) in [7, 11) is 0. The molecule has 0 radical (unpaired) electrons. The lowest BCUT2D eigenvalue weighted by Crippen LogP contribution is -2.61. The van der Waals surface area contributed by atoms with Crippen LogP contribution in [-0.2, 0) is 4.79 Å². The predicted molar refractivity (Wildman–Crippen MR) is 84.5 cm³/mol. The number of hydroxylamine groups is 1. The van der Waals surface area contributed by atoms with Crippen molar-refractivity contribution in [3.63, 3.8) is 0 Å². The maximum absolute atomic E-state index is 12.2. The van der Waals surface area contributed by atoms with Crippen molar-refractivity contribution >= 4 is 11.8 Å². The van der Waals surface area contributed by atoms with E-state index >= 15 is 0 Å². The van der Waals surface area contributed by atoms with Gasteiger partial charge in [0.05, 0.1) is 6.61 Å². The molecule has 6 N–H and O–H groups in total. The molecule has 0 fully saturated rings. The molecule has 1 atom stereocenters. The number of rotatable bonds is 5. The summed E-state index contributed by atoms with van der Waals surface area (Å²) in [6, 6.07) is 5.36. The minimum absolute atomic E-state index is 0.00330. The number of benzene rings is 1. The lowest BCUT2D eigenvalue weighted by Gasteiger charge is -2.29. The van der Waals surface area contributed by atoms with Crippen LogP contribution >= 0.6 is 0 Å². The summed E-state index contributed by atoms with van der Waals surface area (Å²) in [6.45, 7) is 3.12. The third-order valence-electron chi connectivity index (χ3n) is 3.01. The summed E-state index contributed by atoms with van der Waals surface area (Å²) in [4.78, 5) is 23.8. The first-order valence-electron chi connectivity index (χ1n) is 7.03. The van der Waals surface area contributed by atoms with E-state index < -0.39 is 23.4 Å². The largest absolute Gasteiger partial charge is 0.395 e. The lowest BCUT2D eigenvalue weighted by molar-refractivity contribution is -0.132. The highest BCUT2D eigenvalue weighted by atomic mass is 16.5. The second-order valence-corrected chi connectivity index (χ2v) is 5.56. The van der Waals surface area contributed by atoms with Gasteiger partial charge in [0, 0.05) is 23.1 Å². The quantitative estimate of drug-likeness (QED) is 0.291. The number of hydrogen-bond donors (Lipinski definition) is 5. The number of carbonyl (C=O) groups excluding carboxylic acids is 2. The molecule has 0 heterocycles. The molecule has 0 aliphatic heterocycles. The van der Waals surface area contributed by atoms with Gasteiger partial charge in [-0.05, 0) is 38.1 Å². The van der Waals surface area contributed by atoms with E-state index in [9.17, 15) is 9.59 Å². The van der Waals surface area contributed by atoms with Gasteiger partial charge in [-0.3, -0.25) is 14.8 Å². The Morgan fingerprint density at radius 1 is 1.30 bits per heavy atom. The second kappa shape index (κ2) is 8.29. The van der Waals surface area contributed by atoms with Gasteiger partial charge >= 0.3 is 0 Å². The van der Waals surface area contributed by atoms with Gasteiger partial charge in [-0.15, -0.1) is 0 Å². The van der Waals surface area contributed by atoms with Gasteiger partial charge in [0.25, 0.3) is 11.8 Å². The molecule has 23 heavy (non-hydrogen) atoms. The monoisotopic (exact) mass is 319 g/mol. The molecular weight excluding hydrogens is 298 g/mol. The normalized spacial score (nSPS) is 11.9. The summed E-state index contributed by atoms with van der Waals surface area (Å²) in [5, 5.41) is 19.9. The molecular formula is C16H21N3O4. The predicted octanol–water partition coefficient (Wildman–Crippen LogP) is -0.238. The minimum atomic E-state index is -1.09. The van der Waals surface area contributed by atoms with Crippen molar-refractivity contribution in [2.45, 2.75) is 31.8 Å². The molecule has 1 rings (SSSR count). The standard InChI is InChI=1S/C16H21N3O4/c1-16(2,17)13(15(22)19-23)18-14(21)12-8-6-11(7-9-12)5-3-4-10-20/h6-9,13,20,23H,4,10,17H2,1-2H3,(H,18,21)(H,19,22)/t13-/m1/s1. The van der Waals surface area contributed by atoms with Crippen molar-refractivity contribution in [2.75, 3.05) is 6.61 Å². The average molecular weight is 319 g/mol. The first-order chi connectivity index (χ1) is 10.8. The third kappa shape index (κ3) is 5.71. The SMILES string of the molecule is CC(C)(N)[C@H](NC(=O)c1ccc(C#CCCO)cc1)C(=O)NO. The van der Waals surface area contributed by atoms with Gasteiger partial charge < -0.3 is 16.2 Å². The molecule has 0 bridgehead atoms. The number of carbonyl (C=O) groups is 2. The number of nitrogens with one attached hydrogen (secondary N) is 2. The number of amides is 2. The van der Waals surface area contributed by atoms with Gasteiger partial charge in [0.15, 0.2) is 0 Å². The number of hydrogen-bond acceptors (Lipinski definition) is 5. The fourth-order valence-corrected chi connectivity index (χ4v) is 1.79. The van der Waals surface area contributed by atoms with E-state index in [2.05, 4.69) is 17.2 Å². The molecule has 0 aliphatic rings. The fraction of sp³-hybridized carbons (Fsp3) is 0.375. The maximum Gasteiger partial charge on any atom is 0.267 e. The first-order valence-corrected chi connectivity index (χ1v) is 7.03. The Hall–Kier alpha value is -2.40. The van der Waals surface area contributed by atoms with E-state index in [0.29, 0.717) is 17.5 Å². The van der Waals surface area contributed by atoms with Crippen molar-refractivity contribution < 1.29 is 19.9 Å². The van der Waals surface area contributed by atoms with Crippen LogP contribution in [0.2, 0.25) is 0 Å². The van der Waals surface area contributed by atoms with Crippen LogP contribution in [0.15, 0.2) is 24.3 Å². The van der Waals surface area contributed by atoms with Gasteiger partial charge in [-0.25, -0.2) is 5.48 Å². The molecule has 0 saturated heterocycles. The molecule has 0 aromatic heterocycles. The van der Waals surface area contributed by atoms with Crippen molar-refractivity contribution in [3.8, 4) is 11.8 Å². The Labute approximate surface area is 134 Å². The molecule has 2 amide bonds. The summed E-state index contributed by atoms with van der Waals surface area (Å²) >= 11 is 0. The lowest BCUT2D eigenvalue weighted by atomic mass is 9.95. The number of aliphatic hydroxyl groups excluding tert-OH is 1. The van der Waals surface area contributed by atoms with Crippen molar-refractivity contribution in [1.82, 2.24) is 10.8 Å². The summed E-state index contributed by atoms with van der Waals surface area (Å²) in [5.41, 5.74) is 7.32. The maximum atomic E-state index is 12.2. The van der Waals surface area contributed by atoms with E-state index in [1.165, 1.54) is 5.48 Å². The van der Waals surface area contributed by atoms with Crippen LogP contribution in [-0.4, -0.2) is 40.3 Å². The van der Waals surface area contributed by atoms with Crippen LogP contribution in [0, 0.1) is 11.8 Å². The van der Waals surface area contributed by atoms with Crippen LogP contribution in [0.5, 0.6) is 0 Å².